The summed E-state index contributed by atoms with van der Waals surface area (Å²) in [5, 5.41) is 3.59. The van der Waals surface area contributed by atoms with Crippen molar-refractivity contribution in [3.05, 3.63) is 59.9 Å². The number of nitrogens with zero attached hydrogens (tertiary/aromatic N) is 3. The number of pyridine rings is 2. The number of hydrogen-bond acceptors (Lipinski definition) is 6. The standard InChI is InChI=1S/C22H21F3N4O3/c23-22(24,25)16-2-6-20(27-14-16)32-17-3-5-18-15(13-17)1-4-19(28-18)21(30)26-7-8-29-9-11-31-12-10-29/h1-6,13-14H,7-12H2,(H,26,30). The van der Waals surface area contributed by atoms with Gasteiger partial charge in [0.2, 0.25) is 5.88 Å². The average molecular weight is 446 g/mol. The molecule has 10 heteroatoms. The van der Waals surface area contributed by atoms with Crippen molar-refractivity contribution in [3.63, 3.8) is 0 Å². The summed E-state index contributed by atoms with van der Waals surface area (Å²) in [7, 11) is 0. The van der Waals surface area contributed by atoms with Crippen LogP contribution in [0.4, 0.5) is 13.2 Å². The molecule has 3 aromatic rings. The molecule has 7 nitrogen and oxygen atoms in total. The minimum Gasteiger partial charge on any atom is -0.439 e. The van der Waals surface area contributed by atoms with Gasteiger partial charge in [0.05, 0.1) is 24.3 Å². The number of amides is 1. The zero-order chi connectivity index (χ0) is 22.6. The molecule has 1 fully saturated rings. The molecule has 0 spiro atoms. The summed E-state index contributed by atoms with van der Waals surface area (Å²) in [4.78, 5) is 22.7. The number of carbonyl (C=O) groups is 1. The fraction of sp³-hybridized carbons (Fsp3) is 0.318. The molecule has 1 aliphatic rings. The maximum Gasteiger partial charge on any atom is 0.417 e. The lowest BCUT2D eigenvalue weighted by Crippen LogP contribution is -2.41. The van der Waals surface area contributed by atoms with Crippen molar-refractivity contribution in [1.29, 1.82) is 0 Å². The number of carbonyl (C=O) groups excluding carboxylic acids is 1. The maximum atomic E-state index is 12.6. The molecule has 0 unspecified atom stereocenters. The van der Waals surface area contributed by atoms with Gasteiger partial charge >= 0.3 is 6.18 Å². The molecule has 1 saturated heterocycles. The summed E-state index contributed by atoms with van der Waals surface area (Å²) in [6.45, 7) is 4.40. The third kappa shape index (κ3) is 5.51. The van der Waals surface area contributed by atoms with Crippen LogP contribution in [-0.4, -0.2) is 60.2 Å². The summed E-state index contributed by atoms with van der Waals surface area (Å²) in [5.41, 5.74) is 0.0550. The molecule has 1 amide bonds. The van der Waals surface area contributed by atoms with E-state index in [0.717, 1.165) is 43.4 Å². The average Bonchev–Trinajstić information content (AvgIpc) is 2.79. The highest BCUT2D eigenvalue weighted by Gasteiger charge is 2.30. The molecule has 168 valence electrons. The van der Waals surface area contributed by atoms with Gasteiger partial charge in [0.25, 0.3) is 5.91 Å². The van der Waals surface area contributed by atoms with Crippen molar-refractivity contribution in [3.8, 4) is 11.6 Å². The molecule has 1 aromatic carbocycles. The molecular formula is C22H21F3N4O3. The summed E-state index contributed by atoms with van der Waals surface area (Å²) < 4.78 is 48.8. The number of benzene rings is 1. The molecule has 0 aliphatic carbocycles. The first kappa shape index (κ1) is 22.0. The Morgan fingerprint density at radius 3 is 2.66 bits per heavy atom. The van der Waals surface area contributed by atoms with Crippen LogP contribution < -0.4 is 10.1 Å². The molecular weight excluding hydrogens is 425 g/mol. The van der Waals surface area contributed by atoms with Gasteiger partial charge in [0.15, 0.2) is 0 Å². The Morgan fingerprint density at radius 1 is 1.12 bits per heavy atom. The van der Waals surface area contributed by atoms with Gasteiger partial charge < -0.3 is 14.8 Å². The summed E-state index contributed by atoms with van der Waals surface area (Å²) in [6, 6.07) is 10.4. The van der Waals surface area contributed by atoms with E-state index < -0.39 is 11.7 Å². The van der Waals surface area contributed by atoms with Crippen molar-refractivity contribution in [2.45, 2.75) is 6.18 Å². The Hall–Kier alpha value is -3.24. The Morgan fingerprint density at radius 2 is 1.94 bits per heavy atom. The predicted octanol–water partition coefficient (Wildman–Crippen LogP) is 3.50. The van der Waals surface area contributed by atoms with Crippen LogP contribution in [0.5, 0.6) is 11.6 Å². The predicted molar refractivity (Wildman–Crippen MR) is 111 cm³/mol. The first-order valence-electron chi connectivity index (χ1n) is 10.1. The van der Waals surface area contributed by atoms with Crippen LogP contribution in [0.15, 0.2) is 48.7 Å². The van der Waals surface area contributed by atoms with Crippen molar-refractivity contribution in [2.24, 2.45) is 0 Å². The topological polar surface area (TPSA) is 76.6 Å². The number of rotatable bonds is 6. The second-order valence-corrected chi connectivity index (χ2v) is 7.25. The second kappa shape index (κ2) is 9.49. The molecule has 32 heavy (non-hydrogen) atoms. The van der Waals surface area contributed by atoms with E-state index in [-0.39, 0.29) is 11.8 Å². The quantitative estimate of drug-likeness (QED) is 0.625. The van der Waals surface area contributed by atoms with E-state index in [2.05, 4.69) is 20.2 Å². The smallest absolute Gasteiger partial charge is 0.417 e. The zero-order valence-corrected chi connectivity index (χ0v) is 17.1. The third-order valence-corrected chi connectivity index (χ3v) is 5.00. The number of alkyl halides is 3. The van der Waals surface area contributed by atoms with Crippen molar-refractivity contribution in [1.82, 2.24) is 20.2 Å². The lowest BCUT2D eigenvalue weighted by molar-refractivity contribution is -0.137. The molecule has 2 aromatic heterocycles. The normalized spacial score (nSPS) is 15.0. The first-order chi connectivity index (χ1) is 15.4. The SMILES string of the molecule is O=C(NCCN1CCOCC1)c1ccc2cc(Oc3ccc(C(F)(F)F)cn3)ccc2n1. The number of morpholine rings is 1. The molecule has 0 saturated carbocycles. The van der Waals surface area contributed by atoms with Gasteiger partial charge in [-0.15, -0.1) is 0 Å². The first-order valence-corrected chi connectivity index (χ1v) is 10.1. The van der Waals surface area contributed by atoms with Crippen LogP contribution in [0.3, 0.4) is 0 Å². The van der Waals surface area contributed by atoms with Crippen molar-refractivity contribution in [2.75, 3.05) is 39.4 Å². The summed E-state index contributed by atoms with van der Waals surface area (Å²) in [5.74, 6) is 0.185. The van der Waals surface area contributed by atoms with Crippen LogP contribution >= 0.6 is 0 Å². The molecule has 3 heterocycles. The van der Waals surface area contributed by atoms with Crippen LogP contribution in [0.2, 0.25) is 0 Å². The van der Waals surface area contributed by atoms with Crippen molar-refractivity contribution < 1.29 is 27.4 Å². The van der Waals surface area contributed by atoms with E-state index in [9.17, 15) is 18.0 Å². The zero-order valence-electron chi connectivity index (χ0n) is 17.1. The molecule has 0 radical (unpaired) electrons. The van der Waals surface area contributed by atoms with Gasteiger partial charge in [0, 0.05) is 43.8 Å². The number of nitrogens with one attached hydrogen (secondary N) is 1. The van der Waals surface area contributed by atoms with Crippen LogP contribution in [0, 0.1) is 0 Å². The lowest BCUT2D eigenvalue weighted by Gasteiger charge is -2.26. The van der Waals surface area contributed by atoms with E-state index in [1.165, 1.54) is 0 Å². The van der Waals surface area contributed by atoms with E-state index in [0.29, 0.717) is 36.7 Å². The van der Waals surface area contributed by atoms with E-state index >= 15 is 0 Å². The minimum absolute atomic E-state index is 0.0431. The third-order valence-electron chi connectivity index (χ3n) is 5.00. The second-order valence-electron chi connectivity index (χ2n) is 7.25. The number of fused-ring (bicyclic) bond motifs is 1. The van der Waals surface area contributed by atoms with Crippen molar-refractivity contribution >= 4 is 16.8 Å². The fourth-order valence-electron chi connectivity index (χ4n) is 3.27. The Balaban J connectivity index is 1.37. The van der Waals surface area contributed by atoms with Crippen LogP contribution in [0.1, 0.15) is 16.1 Å². The number of hydrogen-bond donors (Lipinski definition) is 1. The number of aromatic nitrogens is 2. The number of ether oxygens (including phenoxy) is 2. The Kier molecular flexibility index (Phi) is 6.52. The monoisotopic (exact) mass is 446 g/mol. The van der Waals surface area contributed by atoms with Gasteiger partial charge in [-0.1, -0.05) is 6.07 Å². The van der Waals surface area contributed by atoms with E-state index in [1.807, 2.05) is 0 Å². The largest absolute Gasteiger partial charge is 0.439 e. The van der Waals surface area contributed by atoms with Gasteiger partial charge in [-0.05, 0) is 30.3 Å². The van der Waals surface area contributed by atoms with E-state index in [4.69, 9.17) is 9.47 Å². The molecule has 1 aliphatic heterocycles. The maximum absolute atomic E-state index is 12.6. The lowest BCUT2D eigenvalue weighted by atomic mass is 10.2. The Bertz CT molecular complexity index is 1080. The molecule has 0 atom stereocenters. The highest BCUT2D eigenvalue weighted by atomic mass is 19.4. The van der Waals surface area contributed by atoms with Gasteiger partial charge in [0.1, 0.15) is 11.4 Å². The summed E-state index contributed by atoms with van der Waals surface area (Å²) >= 11 is 0. The van der Waals surface area contributed by atoms with Gasteiger partial charge in [-0.3, -0.25) is 9.69 Å². The fourth-order valence-corrected chi connectivity index (χ4v) is 3.27. The highest BCUT2D eigenvalue weighted by molar-refractivity contribution is 5.95. The highest BCUT2D eigenvalue weighted by Crippen LogP contribution is 2.30. The van der Waals surface area contributed by atoms with Gasteiger partial charge in [-0.25, -0.2) is 9.97 Å². The van der Waals surface area contributed by atoms with E-state index in [1.54, 1.807) is 30.3 Å². The van der Waals surface area contributed by atoms with Crippen LogP contribution in [-0.2, 0) is 10.9 Å². The molecule has 1 N–H and O–H groups in total. The molecule has 4 rings (SSSR count). The van der Waals surface area contributed by atoms with Crippen LogP contribution in [0.25, 0.3) is 10.9 Å². The molecule has 0 bridgehead atoms. The number of halogens is 3. The summed E-state index contributed by atoms with van der Waals surface area (Å²) in [6.07, 6.45) is -3.73. The van der Waals surface area contributed by atoms with Gasteiger partial charge in [-0.2, -0.15) is 13.2 Å². The Labute approximate surface area is 182 Å². The minimum atomic E-state index is -4.45.